The molecule has 1 rings (SSSR count). The highest BCUT2D eigenvalue weighted by Crippen LogP contribution is 2.32. The van der Waals surface area contributed by atoms with Crippen LogP contribution in [-0.2, 0) is 0 Å². The smallest absolute Gasteiger partial charge is 0.112 e. The number of hydrogen-bond donors (Lipinski definition) is 5. The minimum absolute atomic E-state index is 0.123. The molecule has 0 aromatic heterocycles. The molecule has 1 aliphatic carbocycles. The van der Waals surface area contributed by atoms with Crippen LogP contribution in [0.5, 0.6) is 0 Å². The van der Waals surface area contributed by atoms with Crippen LogP contribution in [0.15, 0.2) is 0 Å². The topological polar surface area (TPSA) is 107 Å². The average molecular weight is 191 g/mol. The van der Waals surface area contributed by atoms with E-state index in [1.807, 2.05) is 0 Å². The lowest BCUT2D eigenvalue weighted by atomic mass is 9.73. The Hall–Kier alpha value is -0.200. The van der Waals surface area contributed by atoms with Gasteiger partial charge in [0, 0.05) is 6.54 Å². The van der Waals surface area contributed by atoms with Crippen molar-refractivity contribution in [1.82, 2.24) is 0 Å². The Balaban J connectivity index is 2.82. The molecule has 1 saturated carbocycles. The molecular formula is C8H17NO4. The van der Waals surface area contributed by atoms with Gasteiger partial charge in [-0.15, -0.1) is 0 Å². The molecule has 1 fully saturated rings. The van der Waals surface area contributed by atoms with E-state index in [0.717, 1.165) is 0 Å². The number of aliphatic hydroxyl groups excluding tert-OH is 3. The van der Waals surface area contributed by atoms with Crippen molar-refractivity contribution < 1.29 is 20.4 Å². The van der Waals surface area contributed by atoms with E-state index in [0.29, 0.717) is 0 Å². The summed E-state index contributed by atoms with van der Waals surface area (Å²) in [5.41, 5.74) is 3.82. The third-order valence-corrected chi connectivity index (χ3v) is 2.84. The molecule has 13 heavy (non-hydrogen) atoms. The van der Waals surface area contributed by atoms with Crippen molar-refractivity contribution in [2.75, 3.05) is 6.54 Å². The first-order valence-electron chi connectivity index (χ1n) is 4.39. The molecule has 0 amide bonds. The van der Waals surface area contributed by atoms with Crippen LogP contribution in [0.2, 0.25) is 0 Å². The van der Waals surface area contributed by atoms with Gasteiger partial charge >= 0.3 is 0 Å². The molecule has 6 N–H and O–H groups in total. The zero-order valence-corrected chi connectivity index (χ0v) is 7.59. The predicted octanol–water partition coefficient (Wildman–Crippen LogP) is -2.20. The summed E-state index contributed by atoms with van der Waals surface area (Å²) in [5, 5.41) is 38.0. The molecule has 0 radical (unpaired) electrons. The number of rotatable bonds is 1. The lowest BCUT2D eigenvalue weighted by Gasteiger charge is -2.44. The van der Waals surface area contributed by atoms with Crippen LogP contribution in [-0.4, -0.2) is 50.9 Å². The van der Waals surface area contributed by atoms with Crippen LogP contribution in [0.1, 0.15) is 13.3 Å². The lowest BCUT2D eigenvalue weighted by molar-refractivity contribution is -0.197. The van der Waals surface area contributed by atoms with Crippen molar-refractivity contribution in [2.45, 2.75) is 37.3 Å². The van der Waals surface area contributed by atoms with E-state index in [1.54, 1.807) is 6.92 Å². The van der Waals surface area contributed by atoms with E-state index >= 15 is 0 Å². The molecule has 0 unspecified atom stereocenters. The molecule has 0 saturated heterocycles. The quantitative estimate of drug-likeness (QED) is 0.323. The van der Waals surface area contributed by atoms with Crippen LogP contribution in [0.25, 0.3) is 0 Å². The highest BCUT2D eigenvalue weighted by atomic mass is 16.4. The molecule has 0 bridgehead atoms. The fourth-order valence-corrected chi connectivity index (χ4v) is 1.84. The summed E-state index contributed by atoms with van der Waals surface area (Å²) in [7, 11) is 0. The van der Waals surface area contributed by atoms with Crippen molar-refractivity contribution in [3.05, 3.63) is 0 Å². The van der Waals surface area contributed by atoms with Crippen LogP contribution in [0.3, 0.4) is 0 Å². The van der Waals surface area contributed by atoms with E-state index < -0.39 is 23.9 Å². The van der Waals surface area contributed by atoms with Crippen molar-refractivity contribution in [2.24, 2.45) is 11.7 Å². The van der Waals surface area contributed by atoms with Crippen molar-refractivity contribution in [1.29, 1.82) is 0 Å². The van der Waals surface area contributed by atoms with E-state index in [1.165, 1.54) is 0 Å². The van der Waals surface area contributed by atoms with E-state index in [4.69, 9.17) is 5.73 Å². The zero-order valence-electron chi connectivity index (χ0n) is 7.59. The second kappa shape index (κ2) is 3.51. The number of aliphatic hydroxyl groups is 4. The zero-order chi connectivity index (χ0) is 10.2. The number of nitrogens with two attached hydrogens (primary N) is 1. The minimum Gasteiger partial charge on any atom is -0.390 e. The van der Waals surface area contributed by atoms with E-state index in [2.05, 4.69) is 0 Å². The summed E-state index contributed by atoms with van der Waals surface area (Å²) >= 11 is 0. The normalized spacial score (nSPS) is 52.2. The fourth-order valence-electron chi connectivity index (χ4n) is 1.84. The lowest BCUT2D eigenvalue weighted by Crippen LogP contribution is -2.63. The highest BCUT2D eigenvalue weighted by Gasteiger charge is 2.49. The molecule has 0 spiro atoms. The molecule has 78 valence electrons. The summed E-state index contributed by atoms with van der Waals surface area (Å²) in [6.07, 6.45) is -3.49. The van der Waals surface area contributed by atoms with Gasteiger partial charge in [0.05, 0.1) is 6.10 Å². The Morgan fingerprint density at radius 3 is 2.31 bits per heavy atom. The second-order valence-corrected chi connectivity index (χ2v) is 3.92. The summed E-state index contributed by atoms with van der Waals surface area (Å²) in [5.74, 6) is -0.271. The summed E-state index contributed by atoms with van der Waals surface area (Å²) in [6.45, 7) is 1.57. The monoisotopic (exact) mass is 191 g/mol. The molecule has 0 aromatic carbocycles. The molecule has 5 heteroatoms. The van der Waals surface area contributed by atoms with Gasteiger partial charge in [-0.1, -0.05) is 6.92 Å². The highest BCUT2D eigenvalue weighted by molar-refractivity contribution is 5.01. The van der Waals surface area contributed by atoms with Crippen molar-refractivity contribution >= 4 is 0 Å². The maximum absolute atomic E-state index is 9.76. The van der Waals surface area contributed by atoms with E-state index in [-0.39, 0.29) is 18.9 Å². The second-order valence-electron chi connectivity index (χ2n) is 3.92. The van der Waals surface area contributed by atoms with Crippen molar-refractivity contribution in [3.8, 4) is 0 Å². The maximum Gasteiger partial charge on any atom is 0.112 e. The molecule has 0 aromatic rings. The number of hydrogen-bond acceptors (Lipinski definition) is 5. The molecule has 5 nitrogen and oxygen atoms in total. The fraction of sp³-hybridized carbons (Fsp3) is 1.00. The van der Waals surface area contributed by atoms with Gasteiger partial charge in [-0.05, 0) is 12.3 Å². The Bertz CT molecular complexity index is 189. The van der Waals surface area contributed by atoms with Gasteiger partial charge in [-0.2, -0.15) is 0 Å². The van der Waals surface area contributed by atoms with Crippen LogP contribution in [0.4, 0.5) is 0 Å². The van der Waals surface area contributed by atoms with Crippen molar-refractivity contribution in [3.63, 3.8) is 0 Å². The standard InChI is InChI=1S/C8H17NO4/c1-4-2-8(13,3-9)7(12)6(11)5(4)10/h4-7,10-13H,2-3,9H2,1H3/t4-,5-,6-,7+,8+/m1/s1. The predicted molar refractivity (Wildman–Crippen MR) is 45.8 cm³/mol. The summed E-state index contributed by atoms with van der Waals surface area (Å²) < 4.78 is 0. The average Bonchev–Trinajstić information content (AvgIpc) is 2.12. The van der Waals surface area contributed by atoms with Crippen LogP contribution in [0, 0.1) is 5.92 Å². The Morgan fingerprint density at radius 1 is 1.31 bits per heavy atom. The minimum atomic E-state index is -1.47. The van der Waals surface area contributed by atoms with Crippen LogP contribution < -0.4 is 5.73 Å². The largest absolute Gasteiger partial charge is 0.390 e. The third-order valence-electron chi connectivity index (χ3n) is 2.84. The molecular weight excluding hydrogens is 174 g/mol. The van der Waals surface area contributed by atoms with Gasteiger partial charge in [-0.3, -0.25) is 0 Å². The first kappa shape index (κ1) is 10.9. The van der Waals surface area contributed by atoms with Crippen LogP contribution >= 0.6 is 0 Å². The molecule has 0 aliphatic heterocycles. The van der Waals surface area contributed by atoms with Gasteiger partial charge in [-0.25, -0.2) is 0 Å². The summed E-state index contributed by atoms with van der Waals surface area (Å²) in [6, 6.07) is 0. The van der Waals surface area contributed by atoms with Gasteiger partial charge in [0.1, 0.15) is 17.8 Å². The molecule has 5 atom stereocenters. The molecule has 0 heterocycles. The van der Waals surface area contributed by atoms with Gasteiger partial charge < -0.3 is 26.2 Å². The molecule has 1 aliphatic rings. The van der Waals surface area contributed by atoms with Gasteiger partial charge in [0.15, 0.2) is 0 Å². The third kappa shape index (κ3) is 1.70. The first-order chi connectivity index (χ1) is 5.92. The maximum atomic E-state index is 9.76. The Labute approximate surface area is 76.8 Å². The SMILES string of the molecule is C[C@@H]1C[C@](O)(CN)[C@@H](O)[C@H](O)[C@@H]1O. The Kier molecular flexibility index (Phi) is 2.94. The first-order valence-corrected chi connectivity index (χ1v) is 4.39. The Morgan fingerprint density at radius 2 is 1.85 bits per heavy atom. The summed E-state index contributed by atoms with van der Waals surface area (Å²) in [4.78, 5) is 0. The van der Waals surface area contributed by atoms with Gasteiger partial charge in [0.25, 0.3) is 0 Å². The van der Waals surface area contributed by atoms with E-state index in [9.17, 15) is 20.4 Å². The van der Waals surface area contributed by atoms with Gasteiger partial charge in [0.2, 0.25) is 0 Å².